The summed E-state index contributed by atoms with van der Waals surface area (Å²) in [5.74, 6) is 0. The maximum atomic E-state index is 4.71. The fraction of sp³-hybridized carbons (Fsp3) is 0.174. The molecule has 0 bridgehead atoms. The van der Waals surface area contributed by atoms with Crippen molar-refractivity contribution in [3.63, 3.8) is 0 Å². The second-order valence-corrected chi connectivity index (χ2v) is 21.3. The van der Waals surface area contributed by atoms with Crippen LogP contribution in [0.5, 0.6) is 0 Å². The largest absolute Gasteiger partial charge is 0.305 e. The number of aromatic nitrogens is 2. The molecular formula is C46H42IrN2SSi-2. The van der Waals surface area contributed by atoms with Gasteiger partial charge >= 0.3 is 0 Å². The van der Waals surface area contributed by atoms with Crippen molar-refractivity contribution < 1.29 is 20.1 Å². The summed E-state index contributed by atoms with van der Waals surface area (Å²) in [6, 6.07) is 49.2. The van der Waals surface area contributed by atoms with E-state index < -0.39 is 8.07 Å². The molecule has 1 radical (unpaired) electrons. The molecule has 0 spiro atoms. The number of hydrogen-bond donors (Lipinski definition) is 0. The Morgan fingerprint density at radius 2 is 1.33 bits per heavy atom. The Morgan fingerprint density at radius 3 is 2.06 bits per heavy atom. The van der Waals surface area contributed by atoms with E-state index in [0.29, 0.717) is 0 Å². The zero-order chi connectivity index (χ0) is 34.9. The summed E-state index contributed by atoms with van der Waals surface area (Å²) in [5, 5.41) is 6.41. The molecule has 0 fully saturated rings. The minimum absolute atomic E-state index is 0. The molecule has 0 N–H and O–H groups in total. The summed E-state index contributed by atoms with van der Waals surface area (Å²) in [5.41, 5.74) is 8.37. The van der Waals surface area contributed by atoms with Crippen LogP contribution in [0.1, 0.15) is 26.3 Å². The molecule has 0 atom stereocenters. The number of nitrogens with zero attached hydrogens (tertiary/aromatic N) is 2. The third-order valence-electron chi connectivity index (χ3n) is 8.92. The fourth-order valence-electron chi connectivity index (χ4n) is 6.50. The Labute approximate surface area is 321 Å². The Kier molecular flexibility index (Phi) is 10.9. The summed E-state index contributed by atoms with van der Waals surface area (Å²) in [7, 11) is -1.37. The average molecular weight is 875 g/mol. The van der Waals surface area contributed by atoms with Gasteiger partial charge in [0.2, 0.25) is 0 Å². The van der Waals surface area contributed by atoms with Crippen LogP contribution in [0.2, 0.25) is 19.6 Å². The molecule has 0 unspecified atom stereocenters. The van der Waals surface area contributed by atoms with Crippen molar-refractivity contribution in [3.05, 3.63) is 151 Å². The van der Waals surface area contributed by atoms with Crippen molar-refractivity contribution in [1.82, 2.24) is 9.97 Å². The van der Waals surface area contributed by atoms with Crippen molar-refractivity contribution in [2.24, 2.45) is 5.41 Å². The van der Waals surface area contributed by atoms with Gasteiger partial charge in [0, 0.05) is 37.2 Å². The van der Waals surface area contributed by atoms with E-state index in [9.17, 15) is 0 Å². The van der Waals surface area contributed by atoms with Crippen molar-refractivity contribution >= 4 is 55.5 Å². The van der Waals surface area contributed by atoms with Crippen molar-refractivity contribution in [2.75, 3.05) is 0 Å². The monoisotopic (exact) mass is 875 g/mol. The van der Waals surface area contributed by atoms with Crippen LogP contribution in [0.15, 0.2) is 134 Å². The molecule has 2 nitrogen and oxygen atoms in total. The number of hydrogen-bond acceptors (Lipinski definition) is 3. The number of thiophene rings is 1. The van der Waals surface area contributed by atoms with Gasteiger partial charge < -0.3 is 9.97 Å². The minimum Gasteiger partial charge on any atom is -0.305 e. The summed E-state index contributed by atoms with van der Waals surface area (Å²) >= 11 is 1.83. The van der Waals surface area contributed by atoms with Gasteiger partial charge in [-0.05, 0) is 66.5 Å². The van der Waals surface area contributed by atoms with Crippen LogP contribution in [-0.2, 0) is 26.5 Å². The van der Waals surface area contributed by atoms with E-state index in [-0.39, 0.29) is 25.5 Å². The first-order chi connectivity index (χ1) is 24.0. The van der Waals surface area contributed by atoms with Crippen LogP contribution in [0.25, 0.3) is 64.6 Å². The van der Waals surface area contributed by atoms with Gasteiger partial charge in [-0.2, -0.15) is 11.3 Å². The smallest absolute Gasteiger partial charge is 0.0798 e. The van der Waals surface area contributed by atoms with E-state index in [0.717, 1.165) is 34.3 Å². The Morgan fingerprint density at radius 1 is 0.627 bits per heavy atom. The summed E-state index contributed by atoms with van der Waals surface area (Å²) in [6.45, 7) is 14.1. The van der Waals surface area contributed by atoms with Gasteiger partial charge in [-0.1, -0.05) is 130 Å². The molecule has 8 aromatic rings. The molecule has 0 saturated carbocycles. The number of benzene rings is 5. The number of fused-ring (bicyclic) bond motifs is 4. The van der Waals surface area contributed by atoms with Crippen LogP contribution < -0.4 is 5.19 Å². The molecular weight excluding hydrogens is 833 g/mol. The van der Waals surface area contributed by atoms with Crippen LogP contribution in [0.4, 0.5) is 0 Å². The average Bonchev–Trinajstić information content (AvgIpc) is 3.48. The quantitative estimate of drug-likeness (QED) is 0.127. The Balaban J connectivity index is 0.000000182. The SMILES string of the molecule is CC(C)(C)Cc1cc(-c2[c-]cccc2)ncc1[Si](C)(C)C.[Ir].[c-]1cc2sc3cc(-c4ccccc4)ccc3c2cc1-c1cc2ccccc2cn1. The predicted molar refractivity (Wildman–Crippen MR) is 219 cm³/mol. The van der Waals surface area contributed by atoms with E-state index in [1.165, 1.54) is 47.4 Å². The Hall–Kier alpha value is -4.25. The van der Waals surface area contributed by atoms with E-state index in [1.54, 1.807) is 0 Å². The molecule has 0 aliphatic carbocycles. The molecule has 5 aromatic carbocycles. The third-order valence-corrected chi connectivity index (χ3v) is 12.1. The zero-order valence-electron chi connectivity index (χ0n) is 30.0. The molecule has 8 rings (SSSR count). The maximum absolute atomic E-state index is 4.71. The van der Waals surface area contributed by atoms with E-state index in [4.69, 9.17) is 4.98 Å². The summed E-state index contributed by atoms with van der Waals surface area (Å²) in [4.78, 5) is 9.38. The Bertz CT molecular complexity index is 2420. The molecule has 257 valence electrons. The summed E-state index contributed by atoms with van der Waals surface area (Å²) in [6.07, 6.45) is 5.15. The molecule has 51 heavy (non-hydrogen) atoms. The van der Waals surface area contributed by atoms with Gasteiger partial charge in [0.1, 0.15) is 0 Å². The first-order valence-corrected chi connectivity index (χ1v) is 21.6. The fourth-order valence-corrected chi connectivity index (χ4v) is 9.18. The van der Waals surface area contributed by atoms with Gasteiger partial charge in [-0.15, -0.1) is 59.7 Å². The number of rotatable bonds is 5. The minimum atomic E-state index is -1.37. The third kappa shape index (κ3) is 8.46. The molecule has 0 amide bonds. The van der Waals surface area contributed by atoms with Gasteiger partial charge in [-0.3, -0.25) is 0 Å². The second kappa shape index (κ2) is 15.2. The van der Waals surface area contributed by atoms with Gasteiger partial charge in [-0.25, -0.2) is 0 Å². The predicted octanol–water partition coefficient (Wildman–Crippen LogP) is 12.4. The normalized spacial score (nSPS) is 11.6. The number of pyridine rings is 2. The zero-order valence-corrected chi connectivity index (χ0v) is 34.3. The van der Waals surface area contributed by atoms with Crippen LogP contribution in [0, 0.1) is 17.5 Å². The van der Waals surface area contributed by atoms with E-state index >= 15 is 0 Å². The van der Waals surface area contributed by atoms with Crippen LogP contribution >= 0.6 is 11.3 Å². The first kappa shape index (κ1) is 36.5. The molecule has 3 aromatic heterocycles. The van der Waals surface area contributed by atoms with Gasteiger partial charge in [0.25, 0.3) is 0 Å². The topological polar surface area (TPSA) is 25.8 Å². The van der Waals surface area contributed by atoms with Crippen LogP contribution in [0.3, 0.4) is 0 Å². The van der Waals surface area contributed by atoms with Gasteiger partial charge in [0.15, 0.2) is 0 Å². The maximum Gasteiger partial charge on any atom is 0.0798 e. The van der Waals surface area contributed by atoms with Crippen molar-refractivity contribution in [2.45, 2.75) is 46.8 Å². The van der Waals surface area contributed by atoms with Gasteiger partial charge in [0.05, 0.1) is 8.07 Å². The van der Waals surface area contributed by atoms with Crippen molar-refractivity contribution in [3.8, 4) is 33.6 Å². The molecule has 0 aliphatic rings. The second-order valence-electron chi connectivity index (χ2n) is 15.2. The van der Waals surface area contributed by atoms with Crippen LogP contribution in [-0.4, -0.2) is 18.0 Å². The molecule has 0 aliphatic heterocycles. The molecule has 3 heterocycles. The van der Waals surface area contributed by atoms with E-state index in [1.807, 2.05) is 41.8 Å². The summed E-state index contributed by atoms with van der Waals surface area (Å²) < 4.78 is 2.56. The molecule has 5 heteroatoms. The molecule has 0 saturated heterocycles. The first-order valence-electron chi connectivity index (χ1n) is 17.3. The standard InChI is InChI=1S/C27H16NS.C19H26NSi.Ir/c1-2-6-18(7-3-1)20-10-12-23-24-14-21(11-13-26(24)29-27(23)16-20)25-15-19-8-4-5-9-22(19)17-28-25;1-19(2,3)13-16-12-17(15-10-8-7-9-11-15)20-14-18(16)21(4,5)6;/h1-10,12-17H;7-10,12,14H,13H2,1-6H3;/q2*-1;. The van der Waals surface area contributed by atoms with E-state index in [2.05, 4.69) is 161 Å². The van der Waals surface area contributed by atoms with Crippen molar-refractivity contribution in [1.29, 1.82) is 0 Å².